The third-order valence-electron chi connectivity index (χ3n) is 1.38. The highest BCUT2D eigenvalue weighted by atomic mass is 31.2. The molecule has 0 rings (SSSR count). The van der Waals surface area contributed by atoms with Crippen LogP contribution in [-0.4, -0.2) is 24.4 Å². The highest BCUT2D eigenvalue weighted by Crippen LogP contribution is 2.53. The Kier molecular flexibility index (Phi) is 6.27. The second kappa shape index (κ2) is 6.64. The third-order valence-corrected chi connectivity index (χ3v) is 3.71. The minimum atomic E-state index is -3.66. The van der Waals surface area contributed by atoms with Gasteiger partial charge in [0.1, 0.15) is 6.07 Å². The minimum Gasteiger partial charge on any atom is -0.333 e. The number of nitriles is 1. The largest absolute Gasteiger partial charge is 0.367 e. The van der Waals surface area contributed by atoms with E-state index in [1.165, 1.54) is 0 Å². The average Bonchev–Trinajstić information content (AvgIpc) is 2.10. The Bertz CT molecular complexity index is 297. The van der Waals surface area contributed by atoms with Gasteiger partial charge < -0.3 is 14.4 Å². The zero-order valence-corrected chi connectivity index (χ0v) is 10.7. The van der Waals surface area contributed by atoms with Gasteiger partial charge in [0.15, 0.2) is 0 Å². The maximum Gasteiger partial charge on any atom is 0.367 e. The lowest BCUT2D eigenvalue weighted by molar-refractivity contribution is -0.109. The van der Waals surface area contributed by atoms with E-state index >= 15 is 0 Å². The first-order valence-corrected chi connectivity index (χ1v) is 6.52. The quantitative estimate of drug-likeness (QED) is 0.546. The van der Waals surface area contributed by atoms with Crippen LogP contribution in [-0.2, 0) is 18.4 Å². The highest BCUT2D eigenvalue weighted by molar-refractivity contribution is 7.55. The Hall–Kier alpha value is -0.890. The number of rotatable bonds is 7. The van der Waals surface area contributed by atoms with Crippen molar-refractivity contribution in [2.45, 2.75) is 45.7 Å². The van der Waals surface area contributed by atoms with Crippen LogP contribution in [0.25, 0.3) is 0 Å². The number of nitrogens with one attached hydrogen (secondary N) is 1. The fourth-order valence-electron chi connectivity index (χ4n) is 0.998. The number of carbonyl (C=O) groups is 1. The fraction of sp³-hybridized carbons (Fsp3) is 0.778. The highest BCUT2D eigenvalue weighted by Gasteiger charge is 2.38. The maximum absolute atomic E-state index is 12.3. The van der Waals surface area contributed by atoms with Crippen molar-refractivity contribution in [1.29, 1.82) is 5.26 Å². The van der Waals surface area contributed by atoms with Gasteiger partial charge in [0.05, 0.1) is 12.2 Å². The number of hydrogen-bond acceptors (Lipinski definition) is 5. The van der Waals surface area contributed by atoms with Gasteiger partial charge in [-0.1, -0.05) is 0 Å². The topological polar surface area (TPSA) is 88.4 Å². The summed E-state index contributed by atoms with van der Waals surface area (Å²) in [6.45, 7) is 6.69. The SMILES string of the molecule is CC(C)OP(=O)(OC(C)C)C(C#N)NC=O. The van der Waals surface area contributed by atoms with Gasteiger partial charge in [-0.3, -0.25) is 9.36 Å². The summed E-state index contributed by atoms with van der Waals surface area (Å²) in [5.74, 6) is -1.28. The van der Waals surface area contributed by atoms with Crippen molar-refractivity contribution in [3.8, 4) is 6.07 Å². The summed E-state index contributed by atoms with van der Waals surface area (Å²) in [5, 5.41) is 10.9. The lowest BCUT2D eigenvalue weighted by Crippen LogP contribution is -2.29. The average molecular weight is 248 g/mol. The minimum absolute atomic E-state index is 0.300. The van der Waals surface area contributed by atoms with Crippen molar-refractivity contribution >= 4 is 14.0 Å². The molecule has 0 aliphatic carbocycles. The second-order valence-corrected chi connectivity index (χ2v) is 5.68. The predicted octanol–water partition coefficient (Wildman–Crippen LogP) is 1.63. The Labute approximate surface area is 95.5 Å². The molecule has 92 valence electrons. The van der Waals surface area contributed by atoms with Gasteiger partial charge >= 0.3 is 7.60 Å². The molecule has 1 unspecified atom stereocenters. The maximum atomic E-state index is 12.3. The van der Waals surface area contributed by atoms with Crippen molar-refractivity contribution in [1.82, 2.24) is 5.32 Å². The molecule has 0 radical (unpaired) electrons. The van der Waals surface area contributed by atoms with Crippen LogP contribution in [0, 0.1) is 11.3 Å². The first kappa shape index (κ1) is 15.1. The molecular formula is C9H17N2O4P. The van der Waals surface area contributed by atoms with E-state index < -0.39 is 13.4 Å². The molecule has 0 saturated heterocycles. The summed E-state index contributed by atoms with van der Waals surface area (Å²) < 4.78 is 22.6. The zero-order chi connectivity index (χ0) is 12.8. The molecule has 0 fully saturated rings. The number of nitrogens with zero attached hydrogens (tertiary/aromatic N) is 1. The molecule has 0 aromatic heterocycles. The Morgan fingerprint density at radius 1 is 1.25 bits per heavy atom. The molecule has 0 aliphatic heterocycles. The molecule has 0 saturated carbocycles. The molecule has 1 amide bonds. The second-order valence-electron chi connectivity index (χ2n) is 3.66. The van der Waals surface area contributed by atoms with Crippen molar-refractivity contribution in [3.05, 3.63) is 0 Å². The predicted molar refractivity (Wildman–Crippen MR) is 58.6 cm³/mol. The van der Waals surface area contributed by atoms with Crippen LogP contribution < -0.4 is 5.32 Å². The summed E-state index contributed by atoms with van der Waals surface area (Å²) in [6.07, 6.45) is -0.434. The van der Waals surface area contributed by atoms with Crippen molar-refractivity contribution in [2.75, 3.05) is 0 Å². The van der Waals surface area contributed by atoms with E-state index in [9.17, 15) is 9.36 Å². The molecule has 0 heterocycles. The van der Waals surface area contributed by atoms with Crippen molar-refractivity contribution in [2.24, 2.45) is 0 Å². The van der Waals surface area contributed by atoms with Crippen molar-refractivity contribution < 1.29 is 18.4 Å². The Morgan fingerprint density at radius 3 is 1.94 bits per heavy atom. The van der Waals surface area contributed by atoms with Crippen LogP contribution in [0.5, 0.6) is 0 Å². The van der Waals surface area contributed by atoms with Crippen LogP contribution in [0.3, 0.4) is 0 Å². The molecule has 0 bridgehead atoms. The molecule has 7 heteroatoms. The molecule has 6 nitrogen and oxygen atoms in total. The van der Waals surface area contributed by atoms with Crippen molar-refractivity contribution in [3.63, 3.8) is 0 Å². The monoisotopic (exact) mass is 248 g/mol. The van der Waals surface area contributed by atoms with Crippen LogP contribution in [0.1, 0.15) is 27.7 Å². The van der Waals surface area contributed by atoms with Crippen LogP contribution in [0.4, 0.5) is 0 Å². The van der Waals surface area contributed by atoms with E-state index in [4.69, 9.17) is 14.3 Å². The lowest BCUT2D eigenvalue weighted by Gasteiger charge is -2.25. The van der Waals surface area contributed by atoms with Gasteiger partial charge in [-0.15, -0.1) is 0 Å². The summed E-state index contributed by atoms with van der Waals surface area (Å²) in [4.78, 5) is 10.3. The smallest absolute Gasteiger partial charge is 0.333 e. The normalized spacial score (nSPS) is 13.6. The molecule has 1 atom stereocenters. The van der Waals surface area contributed by atoms with E-state index in [0.29, 0.717) is 6.41 Å². The summed E-state index contributed by atoms with van der Waals surface area (Å²) >= 11 is 0. The van der Waals surface area contributed by atoms with Crippen LogP contribution in [0.2, 0.25) is 0 Å². The summed E-state index contributed by atoms with van der Waals surface area (Å²) in [6, 6.07) is 1.70. The van der Waals surface area contributed by atoms with E-state index in [-0.39, 0.29) is 12.2 Å². The van der Waals surface area contributed by atoms with Gasteiger partial charge in [0.25, 0.3) is 0 Å². The molecule has 1 N–H and O–H groups in total. The standard InChI is InChI=1S/C9H17N2O4P/c1-7(2)14-16(13,15-8(3)4)9(5-10)11-6-12/h6-9H,1-4H3,(H,11,12). The Morgan fingerprint density at radius 2 is 1.69 bits per heavy atom. The zero-order valence-electron chi connectivity index (χ0n) is 9.84. The Balaban J connectivity index is 4.96. The van der Waals surface area contributed by atoms with Gasteiger partial charge in [-0.2, -0.15) is 5.26 Å². The number of hydrogen-bond donors (Lipinski definition) is 1. The molecule has 16 heavy (non-hydrogen) atoms. The first-order valence-electron chi connectivity index (χ1n) is 4.91. The molecule has 0 aliphatic rings. The number of carbonyl (C=O) groups excluding carboxylic acids is 1. The van der Waals surface area contributed by atoms with E-state index in [0.717, 1.165) is 0 Å². The molecular weight excluding hydrogens is 231 g/mol. The summed E-state index contributed by atoms with van der Waals surface area (Å²) in [5.41, 5.74) is 0. The molecule has 0 aromatic rings. The summed E-state index contributed by atoms with van der Waals surface area (Å²) in [7, 11) is -3.66. The first-order chi connectivity index (χ1) is 7.35. The van der Waals surface area contributed by atoms with E-state index in [1.54, 1.807) is 33.8 Å². The van der Waals surface area contributed by atoms with Gasteiger partial charge in [0.2, 0.25) is 12.2 Å². The van der Waals surface area contributed by atoms with E-state index in [2.05, 4.69) is 5.32 Å². The fourth-order valence-corrected chi connectivity index (χ4v) is 2.85. The number of amides is 1. The molecule has 0 aromatic carbocycles. The molecule has 0 spiro atoms. The van der Waals surface area contributed by atoms with Crippen LogP contribution in [0.15, 0.2) is 0 Å². The van der Waals surface area contributed by atoms with Gasteiger partial charge in [0, 0.05) is 0 Å². The van der Waals surface area contributed by atoms with E-state index in [1.807, 2.05) is 0 Å². The van der Waals surface area contributed by atoms with Gasteiger partial charge in [-0.25, -0.2) is 0 Å². The van der Waals surface area contributed by atoms with Crippen LogP contribution >= 0.6 is 7.60 Å². The third kappa shape index (κ3) is 4.75. The van der Waals surface area contributed by atoms with Gasteiger partial charge in [-0.05, 0) is 27.7 Å². The lowest BCUT2D eigenvalue weighted by atomic mass is 10.5.